The number of rotatable bonds is 6. The molecule has 0 aliphatic rings. The van der Waals surface area contributed by atoms with E-state index in [1.807, 2.05) is 0 Å². The number of carboxylic acid groups (broad SMARTS) is 1. The molecule has 0 aliphatic carbocycles. The van der Waals surface area contributed by atoms with Crippen LogP contribution in [0.1, 0.15) is 6.42 Å². The minimum atomic E-state index is -3.35. The van der Waals surface area contributed by atoms with Gasteiger partial charge in [-0.3, -0.25) is 9.36 Å². The van der Waals surface area contributed by atoms with Gasteiger partial charge in [-0.1, -0.05) is 0 Å². The first-order chi connectivity index (χ1) is 5.89. The number of methoxy groups -OCH3 is 1. The number of hydrogen-bond acceptors (Lipinski definition) is 4. The summed E-state index contributed by atoms with van der Waals surface area (Å²) in [5.74, 6) is -1.17. The molecule has 0 aliphatic heterocycles. The van der Waals surface area contributed by atoms with Crippen molar-refractivity contribution < 1.29 is 24.1 Å². The summed E-state index contributed by atoms with van der Waals surface area (Å²) in [6, 6.07) is -1.09. The molecule has 2 atom stereocenters. The molecule has 0 aromatic heterocycles. The number of ether oxygens (including phenoxy) is 1. The molecule has 0 spiro atoms. The molecule has 0 radical (unpaired) electrons. The number of carboxylic acids is 1. The van der Waals surface area contributed by atoms with Gasteiger partial charge in [0, 0.05) is 13.3 Å². The topological polar surface area (TPSA) is 110 Å². The monoisotopic (exact) mass is 211 g/mol. The summed E-state index contributed by atoms with van der Waals surface area (Å²) in [5.41, 5.74) is 5.15. The minimum Gasteiger partial charge on any atom is -0.480 e. The first kappa shape index (κ1) is 12.6. The van der Waals surface area contributed by atoms with E-state index in [-0.39, 0.29) is 18.9 Å². The highest BCUT2D eigenvalue weighted by Gasteiger charge is 2.21. The Bertz CT molecular complexity index is 219. The maximum Gasteiger partial charge on any atom is 0.320 e. The zero-order valence-corrected chi connectivity index (χ0v) is 8.24. The van der Waals surface area contributed by atoms with Gasteiger partial charge >= 0.3 is 5.97 Å². The lowest BCUT2D eigenvalue weighted by Crippen LogP contribution is -2.31. The van der Waals surface area contributed by atoms with Crippen LogP contribution in [0.25, 0.3) is 0 Å². The normalized spacial score (nSPS) is 17.8. The SMILES string of the molecule is COCP(=O)(O)CCC(N)C(=O)O. The third-order valence-corrected chi connectivity index (χ3v) is 3.06. The molecule has 0 heterocycles. The smallest absolute Gasteiger partial charge is 0.320 e. The summed E-state index contributed by atoms with van der Waals surface area (Å²) < 4.78 is 15.6. The van der Waals surface area contributed by atoms with Crippen molar-refractivity contribution in [1.82, 2.24) is 0 Å². The van der Waals surface area contributed by atoms with Crippen molar-refractivity contribution in [2.75, 3.05) is 19.6 Å². The van der Waals surface area contributed by atoms with Gasteiger partial charge in [-0.25, -0.2) is 0 Å². The number of aliphatic carboxylic acids is 1. The van der Waals surface area contributed by atoms with Crippen LogP contribution >= 0.6 is 7.37 Å². The summed E-state index contributed by atoms with van der Waals surface area (Å²) in [6.45, 7) is 0. The van der Waals surface area contributed by atoms with Gasteiger partial charge in [-0.05, 0) is 6.42 Å². The van der Waals surface area contributed by atoms with Crippen LogP contribution in [0.4, 0.5) is 0 Å². The van der Waals surface area contributed by atoms with Crippen molar-refractivity contribution in [3.8, 4) is 0 Å². The number of carbonyl (C=O) groups is 1. The van der Waals surface area contributed by atoms with Crippen molar-refractivity contribution in [2.24, 2.45) is 5.73 Å². The average Bonchev–Trinajstić information content (AvgIpc) is 2.00. The van der Waals surface area contributed by atoms with E-state index in [1.54, 1.807) is 0 Å². The van der Waals surface area contributed by atoms with Crippen LogP contribution < -0.4 is 5.73 Å². The molecule has 0 saturated heterocycles. The molecule has 6 nitrogen and oxygen atoms in total. The fraction of sp³-hybridized carbons (Fsp3) is 0.833. The lowest BCUT2D eigenvalue weighted by atomic mass is 10.2. The number of hydrogen-bond donors (Lipinski definition) is 3. The van der Waals surface area contributed by atoms with Gasteiger partial charge in [0.25, 0.3) is 0 Å². The largest absolute Gasteiger partial charge is 0.480 e. The van der Waals surface area contributed by atoms with Crippen LogP contribution in [0.2, 0.25) is 0 Å². The van der Waals surface area contributed by atoms with E-state index in [4.69, 9.17) is 15.7 Å². The summed E-state index contributed by atoms with van der Waals surface area (Å²) in [7, 11) is -2.05. The van der Waals surface area contributed by atoms with E-state index < -0.39 is 19.4 Å². The highest BCUT2D eigenvalue weighted by atomic mass is 31.2. The Morgan fingerprint density at radius 1 is 1.69 bits per heavy atom. The van der Waals surface area contributed by atoms with Crippen molar-refractivity contribution in [3.63, 3.8) is 0 Å². The van der Waals surface area contributed by atoms with Crippen molar-refractivity contribution in [3.05, 3.63) is 0 Å². The van der Waals surface area contributed by atoms with Gasteiger partial charge in [-0.2, -0.15) is 0 Å². The molecule has 0 aromatic rings. The molecule has 0 rings (SSSR count). The van der Waals surface area contributed by atoms with E-state index >= 15 is 0 Å². The molecule has 0 bridgehead atoms. The Morgan fingerprint density at radius 3 is 2.62 bits per heavy atom. The lowest BCUT2D eigenvalue weighted by Gasteiger charge is -2.11. The van der Waals surface area contributed by atoms with Gasteiger partial charge in [0.1, 0.15) is 12.4 Å². The molecular formula is C6H14NO5P. The molecule has 0 amide bonds. The van der Waals surface area contributed by atoms with Crippen LogP contribution in [-0.4, -0.2) is 41.6 Å². The third-order valence-electron chi connectivity index (χ3n) is 1.44. The van der Waals surface area contributed by atoms with Crippen LogP contribution in [-0.2, 0) is 14.1 Å². The van der Waals surface area contributed by atoms with Crippen molar-refractivity contribution >= 4 is 13.3 Å². The minimum absolute atomic E-state index is 0.0214. The summed E-state index contributed by atoms with van der Waals surface area (Å²) in [5, 5.41) is 8.38. The quantitative estimate of drug-likeness (QED) is 0.518. The van der Waals surface area contributed by atoms with Gasteiger partial charge in [-0.15, -0.1) is 0 Å². The molecular weight excluding hydrogens is 197 g/mol. The molecule has 78 valence electrons. The molecule has 0 saturated carbocycles. The first-order valence-corrected chi connectivity index (χ1v) is 5.70. The van der Waals surface area contributed by atoms with Crippen LogP contribution in [0, 0.1) is 0 Å². The maximum atomic E-state index is 11.1. The Balaban J connectivity index is 3.87. The predicted octanol–water partition coefficient (Wildman–Crippen LogP) is -0.337. The molecule has 2 unspecified atom stereocenters. The van der Waals surface area contributed by atoms with Gasteiger partial charge < -0.3 is 20.5 Å². The molecule has 0 fully saturated rings. The number of nitrogens with two attached hydrogens (primary N) is 1. The maximum absolute atomic E-state index is 11.1. The second-order valence-electron chi connectivity index (χ2n) is 2.72. The van der Waals surface area contributed by atoms with Crippen molar-refractivity contribution in [1.29, 1.82) is 0 Å². The summed E-state index contributed by atoms with van der Waals surface area (Å²) in [6.07, 6.45) is -0.417. The predicted molar refractivity (Wildman–Crippen MR) is 46.8 cm³/mol. The van der Waals surface area contributed by atoms with E-state index in [0.29, 0.717) is 0 Å². The Morgan fingerprint density at radius 2 is 2.23 bits per heavy atom. The molecule has 4 N–H and O–H groups in total. The molecule has 13 heavy (non-hydrogen) atoms. The van der Waals surface area contributed by atoms with Crippen LogP contribution in [0.5, 0.6) is 0 Å². The average molecular weight is 211 g/mol. The van der Waals surface area contributed by atoms with Crippen LogP contribution in [0.15, 0.2) is 0 Å². The van der Waals surface area contributed by atoms with Gasteiger partial charge in [0.2, 0.25) is 7.37 Å². The highest BCUT2D eigenvalue weighted by Crippen LogP contribution is 2.40. The Labute approximate surface area is 76.1 Å². The van der Waals surface area contributed by atoms with Crippen molar-refractivity contribution in [2.45, 2.75) is 12.5 Å². The summed E-state index contributed by atoms with van der Waals surface area (Å²) in [4.78, 5) is 19.4. The molecule has 0 aromatic carbocycles. The Kier molecular flexibility index (Phi) is 5.17. The fourth-order valence-corrected chi connectivity index (χ4v) is 1.94. The van der Waals surface area contributed by atoms with E-state index in [1.165, 1.54) is 7.11 Å². The highest BCUT2D eigenvalue weighted by molar-refractivity contribution is 7.57. The van der Waals surface area contributed by atoms with E-state index in [0.717, 1.165) is 0 Å². The fourth-order valence-electron chi connectivity index (χ4n) is 0.731. The second kappa shape index (κ2) is 5.34. The molecule has 7 heteroatoms. The standard InChI is InChI=1S/C6H14NO5P/c1-12-4-13(10,11)3-2-5(7)6(8)9/h5H,2-4,7H2,1H3,(H,8,9)(H,10,11). The van der Waals surface area contributed by atoms with Crippen LogP contribution in [0.3, 0.4) is 0 Å². The third kappa shape index (κ3) is 5.76. The Hall–Kier alpha value is -0.420. The van der Waals surface area contributed by atoms with Gasteiger partial charge in [0.05, 0.1) is 0 Å². The van der Waals surface area contributed by atoms with E-state index in [2.05, 4.69) is 4.74 Å². The summed E-state index contributed by atoms with van der Waals surface area (Å²) >= 11 is 0. The van der Waals surface area contributed by atoms with E-state index in [9.17, 15) is 9.36 Å². The second-order valence-corrected chi connectivity index (χ2v) is 5.12. The first-order valence-electron chi connectivity index (χ1n) is 3.67. The lowest BCUT2D eigenvalue weighted by molar-refractivity contribution is -0.138. The zero-order valence-electron chi connectivity index (χ0n) is 7.34. The zero-order chi connectivity index (χ0) is 10.5. The van der Waals surface area contributed by atoms with Gasteiger partial charge in [0.15, 0.2) is 0 Å².